The first-order valence-corrected chi connectivity index (χ1v) is 7.70. The van der Waals surface area contributed by atoms with Crippen LogP contribution in [0.15, 0.2) is 60.9 Å². The average Bonchev–Trinajstić information content (AvgIpc) is 3.25. The Morgan fingerprint density at radius 2 is 1.07 bits per heavy atom. The van der Waals surface area contributed by atoms with Gasteiger partial charge >= 0.3 is 0 Å². The molecule has 9 heteroatoms. The van der Waals surface area contributed by atoms with Crippen molar-refractivity contribution in [3.63, 3.8) is 0 Å². The summed E-state index contributed by atoms with van der Waals surface area (Å²) in [6.45, 7) is 0. The van der Waals surface area contributed by atoms with Crippen molar-refractivity contribution in [2.45, 2.75) is 0 Å². The van der Waals surface area contributed by atoms with Crippen LogP contribution in [0.5, 0.6) is 11.8 Å². The van der Waals surface area contributed by atoms with E-state index in [4.69, 9.17) is 4.74 Å². The van der Waals surface area contributed by atoms with Crippen molar-refractivity contribution in [1.82, 2.24) is 19.6 Å². The third-order valence-electron chi connectivity index (χ3n) is 3.65. The Balaban J connectivity index is 1.55. The Morgan fingerprint density at radius 1 is 0.630 bits per heavy atom. The Hall–Kier alpha value is -3.62. The van der Waals surface area contributed by atoms with Gasteiger partial charge in [0.15, 0.2) is 11.6 Å². The second-order valence-corrected chi connectivity index (χ2v) is 5.49. The van der Waals surface area contributed by atoms with Gasteiger partial charge in [0.25, 0.3) is 0 Å². The van der Waals surface area contributed by atoms with Gasteiger partial charge in [0.05, 0.1) is 0 Å². The molecule has 0 amide bonds. The zero-order valence-electron chi connectivity index (χ0n) is 13.5. The summed E-state index contributed by atoms with van der Waals surface area (Å²) in [6.07, 6.45) is 2.87. The Kier molecular flexibility index (Phi) is 4.11. The summed E-state index contributed by atoms with van der Waals surface area (Å²) in [5.41, 5.74) is 0.0929. The van der Waals surface area contributed by atoms with E-state index in [0.717, 1.165) is 24.3 Å². The Labute approximate surface area is 150 Å². The van der Waals surface area contributed by atoms with Gasteiger partial charge in [0.1, 0.15) is 23.0 Å². The highest BCUT2D eigenvalue weighted by Crippen LogP contribution is 2.22. The van der Waals surface area contributed by atoms with Crippen LogP contribution in [0.1, 0.15) is 0 Å². The van der Waals surface area contributed by atoms with Crippen LogP contribution in [0.2, 0.25) is 0 Å². The minimum absolute atomic E-state index is 0.0464. The van der Waals surface area contributed by atoms with Crippen LogP contribution in [0, 0.1) is 23.3 Å². The zero-order chi connectivity index (χ0) is 19.0. The van der Waals surface area contributed by atoms with Gasteiger partial charge < -0.3 is 4.74 Å². The first kappa shape index (κ1) is 16.8. The fraction of sp³-hybridized carbons (Fsp3) is 0. The van der Waals surface area contributed by atoms with Crippen LogP contribution in [-0.4, -0.2) is 19.6 Å². The summed E-state index contributed by atoms with van der Waals surface area (Å²) in [7, 11) is 0. The van der Waals surface area contributed by atoms with Gasteiger partial charge in [-0.1, -0.05) is 0 Å². The van der Waals surface area contributed by atoms with Crippen molar-refractivity contribution in [3.8, 4) is 23.1 Å². The molecule has 4 aromatic rings. The molecule has 0 N–H and O–H groups in total. The Bertz CT molecular complexity index is 1030. The van der Waals surface area contributed by atoms with Gasteiger partial charge in [-0.15, -0.1) is 10.2 Å². The average molecular weight is 374 g/mol. The summed E-state index contributed by atoms with van der Waals surface area (Å²) in [5.74, 6) is -2.74. The van der Waals surface area contributed by atoms with Crippen LogP contribution in [0.25, 0.3) is 11.4 Å². The van der Waals surface area contributed by atoms with E-state index in [2.05, 4.69) is 10.2 Å². The summed E-state index contributed by atoms with van der Waals surface area (Å²) in [6, 6.07) is 9.12. The number of rotatable bonds is 4. The van der Waals surface area contributed by atoms with Crippen molar-refractivity contribution in [1.29, 1.82) is 0 Å². The molecule has 0 saturated carbocycles. The quantitative estimate of drug-likeness (QED) is 0.497. The normalized spacial score (nSPS) is 11.0. The zero-order valence-corrected chi connectivity index (χ0v) is 13.5. The lowest BCUT2D eigenvalue weighted by atomic mass is 10.3. The van der Waals surface area contributed by atoms with Crippen LogP contribution >= 0.6 is 0 Å². The van der Waals surface area contributed by atoms with Crippen LogP contribution in [0.3, 0.4) is 0 Å². The summed E-state index contributed by atoms with van der Waals surface area (Å²) >= 11 is 0. The molecule has 2 heterocycles. The molecule has 136 valence electrons. The van der Waals surface area contributed by atoms with E-state index >= 15 is 0 Å². The maximum Gasteiger partial charge on any atom is 0.240 e. The first-order valence-electron chi connectivity index (χ1n) is 7.70. The van der Waals surface area contributed by atoms with E-state index < -0.39 is 23.3 Å². The van der Waals surface area contributed by atoms with Gasteiger partial charge in [-0.05, 0) is 24.3 Å². The molecule has 5 nitrogen and oxygen atoms in total. The predicted octanol–water partition coefficient (Wildman–Crippen LogP) is 4.41. The SMILES string of the molecule is Fc1ccc(-n2ccc(Oc3ccn(-c4ccc(F)cc4F)n3)n2)c(F)c1. The predicted molar refractivity (Wildman–Crippen MR) is 87.0 cm³/mol. The number of benzene rings is 2. The van der Waals surface area contributed by atoms with E-state index in [9.17, 15) is 17.6 Å². The standard InChI is InChI=1S/C18H10F4N4O/c19-11-1-3-15(13(21)9-11)25-7-5-17(23-25)27-18-6-8-26(24-18)16-4-2-12(20)10-14(16)22/h1-10H. The second-order valence-electron chi connectivity index (χ2n) is 5.49. The lowest BCUT2D eigenvalue weighted by Crippen LogP contribution is -2.00. The van der Waals surface area contributed by atoms with E-state index in [0.29, 0.717) is 0 Å². The molecule has 4 rings (SSSR count). The molecular formula is C18H10F4N4O. The molecule has 2 aromatic carbocycles. The first-order chi connectivity index (χ1) is 13.0. The molecule has 27 heavy (non-hydrogen) atoms. The van der Waals surface area contributed by atoms with E-state index in [1.165, 1.54) is 46.0 Å². The molecule has 0 aliphatic carbocycles. The fourth-order valence-electron chi connectivity index (χ4n) is 2.43. The summed E-state index contributed by atoms with van der Waals surface area (Å²) < 4.78 is 61.4. The third kappa shape index (κ3) is 3.39. The summed E-state index contributed by atoms with van der Waals surface area (Å²) in [5, 5.41) is 8.07. The van der Waals surface area contributed by atoms with E-state index in [-0.39, 0.29) is 23.1 Å². The lowest BCUT2D eigenvalue weighted by Gasteiger charge is -2.03. The number of ether oxygens (including phenoxy) is 1. The second kappa shape index (κ2) is 6.60. The molecule has 0 atom stereocenters. The van der Waals surface area contributed by atoms with Crippen molar-refractivity contribution in [2.24, 2.45) is 0 Å². The molecule has 0 saturated heterocycles. The maximum absolute atomic E-state index is 13.8. The molecule has 0 unspecified atom stereocenters. The van der Waals surface area contributed by atoms with Gasteiger partial charge in [-0.2, -0.15) is 0 Å². The molecule has 2 aromatic heterocycles. The monoisotopic (exact) mass is 374 g/mol. The van der Waals surface area contributed by atoms with Crippen molar-refractivity contribution in [2.75, 3.05) is 0 Å². The topological polar surface area (TPSA) is 44.9 Å². The molecule has 0 aliphatic rings. The minimum Gasteiger partial charge on any atom is -0.417 e. The number of aromatic nitrogens is 4. The molecule has 0 fully saturated rings. The number of halogens is 4. The highest BCUT2D eigenvalue weighted by atomic mass is 19.1. The van der Waals surface area contributed by atoms with Gasteiger partial charge in [0, 0.05) is 36.7 Å². The maximum atomic E-state index is 13.8. The molecule has 0 aliphatic heterocycles. The minimum atomic E-state index is -0.777. The smallest absolute Gasteiger partial charge is 0.240 e. The van der Waals surface area contributed by atoms with Crippen LogP contribution < -0.4 is 4.74 Å². The van der Waals surface area contributed by atoms with E-state index in [1.807, 2.05) is 0 Å². The molecular weight excluding hydrogens is 364 g/mol. The van der Waals surface area contributed by atoms with Crippen molar-refractivity contribution in [3.05, 3.63) is 84.2 Å². The molecule has 0 radical (unpaired) electrons. The van der Waals surface area contributed by atoms with Gasteiger partial charge in [0.2, 0.25) is 11.8 Å². The highest BCUT2D eigenvalue weighted by Gasteiger charge is 2.12. The lowest BCUT2D eigenvalue weighted by molar-refractivity contribution is 0.434. The van der Waals surface area contributed by atoms with Gasteiger partial charge in [-0.25, -0.2) is 26.9 Å². The number of hydrogen-bond acceptors (Lipinski definition) is 3. The summed E-state index contributed by atoms with van der Waals surface area (Å²) in [4.78, 5) is 0. The number of nitrogens with zero attached hydrogens (tertiary/aromatic N) is 4. The van der Waals surface area contributed by atoms with Crippen LogP contribution in [0.4, 0.5) is 17.6 Å². The van der Waals surface area contributed by atoms with Crippen molar-refractivity contribution >= 4 is 0 Å². The van der Waals surface area contributed by atoms with Gasteiger partial charge in [-0.3, -0.25) is 0 Å². The van der Waals surface area contributed by atoms with Crippen molar-refractivity contribution < 1.29 is 22.3 Å². The third-order valence-corrected chi connectivity index (χ3v) is 3.65. The van der Waals surface area contributed by atoms with E-state index in [1.54, 1.807) is 0 Å². The Morgan fingerprint density at radius 3 is 1.48 bits per heavy atom. The number of hydrogen-bond donors (Lipinski definition) is 0. The molecule has 0 bridgehead atoms. The highest BCUT2D eigenvalue weighted by molar-refractivity contribution is 5.35. The fourth-order valence-corrected chi connectivity index (χ4v) is 2.43. The molecule has 0 spiro atoms. The largest absolute Gasteiger partial charge is 0.417 e. The van der Waals surface area contributed by atoms with Crippen LogP contribution in [-0.2, 0) is 0 Å².